The van der Waals surface area contributed by atoms with Gasteiger partial charge in [0.2, 0.25) is 0 Å². The molecule has 1 amide bonds. The highest BCUT2D eigenvalue weighted by Gasteiger charge is 2.35. The Kier molecular flexibility index (Phi) is 3.71. The second-order valence-corrected chi connectivity index (χ2v) is 6.97. The van der Waals surface area contributed by atoms with Crippen molar-refractivity contribution in [3.63, 3.8) is 0 Å². The van der Waals surface area contributed by atoms with Crippen molar-refractivity contribution in [1.29, 1.82) is 0 Å². The smallest absolute Gasteiger partial charge is 0.275 e. The number of aromatic nitrogens is 5. The first-order valence-corrected chi connectivity index (χ1v) is 9.22. The number of carbonyl (C=O) groups excluding carboxylic acids is 1. The maximum Gasteiger partial charge on any atom is 0.275 e. The van der Waals surface area contributed by atoms with Crippen LogP contribution in [0.2, 0.25) is 0 Å². The van der Waals surface area contributed by atoms with Gasteiger partial charge in [0, 0.05) is 25.2 Å². The van der Waals surface area contributed by atoms with E-state index in [4.69, 9.17) is 0 Å². The zero-order valence-electron chi connectivity index (χ0n) is 15.3. The van der Waals surface area contributed by atoms with Gasteiger partial charge < -0.3 is 4.90 Å². The van der Waals surface area contributed by atoms with E-state index in [9.17, 15) is 9.59 Å². The molecule has 0 N–H and O–H groups in total. The summed E-state index contributed by atoms with van der Waals surface area (Å²) in [5.41, 5.74) is 0.828. The molecule has 0 aliphatic carbocycles. The number of likely N-dealkylation sites (tertiary alicyclic amines) is 1. The number of benzene rings is 1. The fraction of sp³-hybridized carbons (Fsp3) is 0.250. The largest absolute Gasteiger partial charge is 0.327 e. The molecule has 0 bridgehead atoms. The summed E-state index contributed by atoms with van der Waals surface area (Å²) >= 11 is 0. The first-order valence-electron chi connectivity index (χ1n) is 9.22. The van der Waals surface area contributed by atoms with Gasteiger partial charge in [0.05, 0.1) is 11.4 Å². The summed E-state index contributed by atoms with van der Waals surface area (Å²) in [6.45, 7) is 0.615. The number of nitrogens with zero attached hydrogens (tertiary/aromatic N) is 6. The molecule has 1 aromatic carbocycles. The molecule has 1 saturated heterocycles. The van der Waals surface area contributed by atoms with E-state index in [2.05, 4.69) is 15.3 Å². The number of hydrogen-bond donors (Lipinski definition) is 0. The van der Waals surface area contributed by atoms with Crippen molar-refractivity contribution in [3.05, 3.63) is 70.5 Å². The van der Waals surface area contributed by atoms with Crippen molar-refractivity contribution >= 4 is 22.3 Å². The second kappa shape index (κ2) is 6.26. The SMILES string of the molecule is Cn1nc(C(=O)N2CCC[C@@H]2c2nnc3ccccn23)c2ccccc2c1=O. The molecule has 1 aliphatic rings. The van der Waals surface area contributed by atoms with Crippen molar-refractivity contribution < 1.29 is 4.79 Å². The molecule has 8 heteroatoms. The topological polar surface area (TPSA) is 85.4 Å². The number of amides is 1. The van der Waals surface area contributed by atoms with Gasteiger partial charge in [-0.2, -0.15) is 5.10 Å². The monoisotopic (exact) mass is 374 g/mol. The summed E-state index contributed by atoms with van der Waals surface area (Å²) in [7, 11) is 1.57. The minimum Gasteiger partial charge on any atom is -0.327 e. The molecule has 0 radical (unpaired) electrons. The van der Waals surface area contributed by atoms with Gasteiger partial charge in [-0.1, -0.05) is 24.3 Å². The normalized spacial score (nSPS) is 16.9. The first-order chi connectivity index (χ1) is 13.6. The molecule has 0 unspecified atom stereocenters. The van der Waals surface area contributed by atoms with E-state index in [-0.39, 0.29) is 17.5 Å². The average molecular weight is 374 g/mol. The Bertz CT molecular complexity index is 1270. The molecule has 4 heterocycles. The number of aryl methyl sites for hydroxylation is 1. The lowest BCUT2D eigenvalue weighted by Crippen LogP contribution is -2.34. The van der Waals surface area contributed by atoms with E-state index in [0.29, 0.717) is 23.0 Å². The van der Waals surface area contributed by atoms with Crippen LogP contribution in [0.15, 0.2) is 53.5 Å². The molecule has 4 aromatic rings. The fourth-order valence-electron chi connectivity index (χ4n) is 3.96. The van der Waals surface area contributed by atoms with Gasteiger partial charge in [-0.3, -0.25) is 14.0 Å². The Morgan fingerprint density at radius 2 is 1.86 bits per heavy atom. The van der Waals surface area contributed by atoms with Crippen LogP contribution >= 0.6 is 0 Å². The molecule has 28 heavy (non-hydrogen) atoms. The maximum atomic E-state index is 13.5. The van der Waals surface area contributed by atoms with Crippen LogP contribution in [0.3, 0.4) is 0 Å². The zero-order chi connectivity index (χ0) is 19.3. The molecule has 1 fully saturated rings. The quantitative estimate of drug-likeness (QED) is 0.535. The number of fused-ring (bicyclic) bond motifs is 2. The third kappa shape index (κ3) is 2.41. The lowest BCUT2D eigenvalue weighted by molar-refractivity contribution is 0.0723. The van der Waals surface area contributed by atoms with Crippen LogP contribution < -0.4 is 5.56 Å². The van der Waals surface area contributed by atoms with Gasteiger partial charge in [0.1, 0.15) is 0 Å². The van der Waals surface area contributed by atoms with E-state index in [1.807, 2.05) is 34.9 Å². The highest BCUT2D eigenvalue weighted by molar-refractivity contribution is 6.05. The Balaban J connectivity index is 1.61. The Morgan fingerprint density at radius 1 is 1.07 bits per heavy atom. The third-order valence-corrected chi connectivity index (χ3v) is 5.31. The maximum absolute atomic E-state index is 13.5. The van der Waals surface area contributed by atoms with Gasteiger partial charge in [-0.05, 0) is 31.0 Å². The molecule has 0 saturated carbocycles. The summed E-state index contributed by atoms with van der Waals surface area (Å²) in [5.74, 6) is 0.553. The van der Waals surface area contributed by atoms with Crippen LogP contribution in [0, 0.1) is 0 Å². The Hall–Kier alpha value is -3.55. The van der Waals surface area contributed by atoms with Crippen LogP contribution in [0.1, 0.15) is 35.2 Å². The fourth-order valence-corrected chi connectivity index (χ4v) is 3.96. The van der Waals surface area contributed by atoms with E-state index in [1.54, 1.807) is 30.1 Å². The van der Waals surface area contributed by atoms with E-state index in [0.717, 1.165) is 24.3 Å². The highest BCUT2D eigenvalue weighted by atomic mass is 16.2. The molecule has 5 rings (SSSR count). The lowest BCUT2D eigenvalue weighted by Gasteiger charge is -2.23. The van der Waals surface area contributed by atoms with Gasteiger partial charge in [-0.15, -0.1) is 10.2 Å². The van der Waals surface area contributed by atoms with E-state index >= 15 is 0 Å². The molecule has 1 atom stereocenters. The highest BCUT2D eigenvalue weighted by Crippen LogP contribution is 2.32. The molecule has 3 aromatic heterocycles. The second-order valence-electron chi connectivity index (χ2n) is 6.97. The minimum atomic E-state index is -0.214. The van der Waals surface area contributed by atoms with E-state index < -0.39 is 0 Å². The van der Waals surface area contributed by atoms with Crippen molar-refractivity contribution in [2.45, 2.75) is 18.9 Å². The van der Waals surface area contributed by atoms with Crippen LogP contribution in [0.4, 0.5) is 0 Å². The van der Waals surface area contributed by atoms with Crippen LogP contribution in [-0.2, 0) is 7.05 Å². The number of rotatable bonds is 2. The molecule has 8 nitrogen and oxygen atoms in total. The third-order valence-electron chi connectivity index (χ3n) is 5.31. The molecule has 0 spiro atoms. The molecule has 140 valence electrons. The Morgan fingerprint density at radius 3 is 2.71 bits per heavy atom. The standard InChI is InChI=1S/C20H18N6O2/c1-24-19(27)14-8-3-2-7-13(14)17(23-24)20(28)25-12-6-9-15(25)18-22-21-16-10-4-5-11-26(16)18/h2-5,7-8,10-11,15H,6,9,12H2,1H3/t15-/m1/s1. The van der Waals surface area contributed by atoms with Gasteiger partial charge in [-0.25, -0.2) is 4.68 Å². The average Bonchev–Trinajstić information content (AvgIpc) is 3.37. The van der Waals surface area contributed by atoms with Gasteiger partial charge >= 0.3 is 0 Å². The zero-order valence-corrected chi connectivity index (χ0v) is 15.3. The summed E-state index contributed by atoms with van der Waals surface area (Å²) in [5, 5.41) is 13.9. The van der Waals surface area contributed by atoms with E-state index in [1.165, 1.54) is 4.68 Å². The summed E-state index contributed by atoms with van der Waals surface area (Å²) in [6, 6.07) is 12.6. The number of carbonyl (C=O) groups is 1. The predicted molar refractivity (Wildman–Crippen MR) is 103 cm³/mol. The van der Waals surface area contributed by atoms with Crippen molar-refractivity contribution in [3.8, 4) is 0 Å². The first kappa shape index (κ1) is 16.6. The van der Waals surface area contributed by atoms with Crippen LogP contribution in [0.5, 0.6) is 0 Å². The molecular formula is C20H18N6O2. The number of hydrogen-bond acceptors (Lipinski definition) is 5. The van der Waals surface area contributed by atoms with Gasteiger partial charge in [0.25, 0.3) is 11.5 Å². The Labute approximate surface area is 160 Å². The van der Waals surface area contributed by atoms with Crippen molar-refractivity contribution in [2.75, 3.05) is 6.54 Å². The lowest BCUT2D eigenvalue weighted by atomic mass is 10.1. The summed E-state index contributed by atoms with van der Waals surface area (Å²) < 4.78 is 3.15. The minimum absolute atomic E-state index is 0.178. The van der Waals surface area contributed by atoms with Crippen LogP contribution in [-0.4, -0.2) is 41.7 Å². The number of pyridine rings is 1. The summed E-state index contributed by atoms with van der Waals surface area (Å²) in [6.07, 6.45) is 3.60. The van der Waals surface area contributed by atoms with Crippen molar-refractivity contribution in [1.82, 2.24) is 29.3 Å². The summed E-state index contributed by atoms with van der Waals surface area (Å²) in [4.78, 5) is 27.6. The van der Waals surface area contributed by atoms with Crippen molar-refractivity contribution in [2.24, 2.45) is 7.05 Å². The van der Waals surface area contributed by atoms with Crippen LogP contribution in [0.25, 0.3) is 16.4 Å². The predicted octanol–water partition coefficient (Wildman–Crippen LogP) is 1.95. The molecule has 1 aliphatic heterocycles. The van der Waals surface area contributed by atoms with Gasteiger partial charge in [0.15, 0.2) is 17.2 Å². The molecular weight excluding hydrogens is 356 g/mol.